The second-order valence-electron chi connectivity index (χ2n) is 7.75. The van der Waals surface area contributed by atoms with Crippen molar-refractivity contribution in [3.8, 4) is 0 Å². The van der Waals surface area contributed by atoms with Crippen molar-refractivity contribution in [2.24, 2.45) is 0 Å². The number of benzene rings is 2. The molecule has 1 aliphatic heterocycles. The smallest absolute Gasteiger partial charge is 0.312 e. The molecule has 2 amide bonds. The van der Waals surface area contributed by atoms with Gasteiger partial charge >= 0.3 is 6.03 Å². The zero-order chi connectivity index (χ0) is 19.8. The molecule has 0 fully saturated rings. The van der Waals surface area contributed by atoms with Gasteiger partial charge in [-0.2, -0.15) is 0 Å². The number of anilines is 1. The Kier molecular flexibility index (Phi) is 5.06. The van der Waals surface area contributed by atoms with Gasteiger partial charge in [-0.15, -0.1) is 11.3 Å². The Morgan fingerprint density at radius 2 is 1.83 bits per heavy atom. The van der Waals surface area contributed by atoms with Crippen LogP contribution in [0.4, 0.5) is 10.5 Å². The van der Waals surface area contributed by atoms with E-state index < -0.39 is 0 Å². The number of hydrogen-bond donors (Lipinski definition) is 1. The summed E-state index contributed by atoms with van der Waals surface area (Å²) in [6.07, 6.45) is 5.88. The first-order valence-electron chi connectivity index (χ1n) is 10.2. The molecular weight excluding hydrogens is 400 g/mol. The lowest BCUT2D eigenvalue weighted by molar-refractivity contribution is 0.195. The van der Waals surface area contributed by atoms with Crippen molar-refractivity contribution in [3.05, 3.63) is 86.1 Å². The number of carbonyl (C=O) groups excluding carboxylic acids is 1. The van der Waals surface area contributed by atoms with E-state index in [4.69, 9.17) is 11.6 Å². The minimum absolute atomic E-state index is 0.0327. The number of carbonyl (C=O) groups is 1. The largest absolute Gasteiger partial charge is 0.322 e. The van der Waals surface area contributed by atoms with E-state index in [2.05, 4.69) is 29.6 Å². The van der Waals surface area contributed by atoms with Gasteiger partial charge in [0, 0.05) is 27.0 Å². The van der Waals surface area contributed by atoms with Crippen LogP contribution < -0.4 is 5.32 Å². The van der Waals surface area contributed by atoms with Crippen LogP contribution in [-0.2, 0) is 19.3 Å². The number of rotatable bonds is 2. The molecule has 2 heterocycles. The van der Waals surface area contributed by atoms with Crippen LogP contribution >= 0.6 is 22.9 Å². The first-order chi connectivity index (χ1) is 14.2. The molecule has 3 aromatic rings. The van der Waals surface area contributed by atoms with Gasteiger partial charge < -0.3 is 10.2 Å². The van der Waals surface area contributed by atoms with Crippen LogP contribution in [0.5, 0.6) is 0 Å². The highest BCUT2D eigenvalue weighted by atomic mass is 35.5. The van der Waals surface area contributed by atoms with Crippen molar-refractivity contribution in [2.75, 3.05) is 11.9 Å². The fourth-order valence-electron chi connectivity index (χ4n) is 4.60. The lowest BCUT2D eigenvalue weighted by Crippen LogP contribution is -2.42. The molecule has 1 unspecified atom stereocenters. The summed E-state index contributed by atoms with van der Waals surface area (Å²) in [5.41, 5.74) is 4.98. The fraction of sp³-hybridized carbons (Fsp3) is 0.292. The lowest BCUT2D eigenvalue weighted by Gasteiger charge is -2.36. The molecule has 1 N–H and O–H groups in total. The molecule has 0 saturated heterocycles. The second-order valence-corrected chi connectivity index (χ2v) is 9.32. The topological polar surface area (TPSA) is 32.3 Å². The Hall–Kier alpha value is -2.30. The number of aryl methyl sites for hydroxylation is 1. The number of nitrogens with zero attached hydrogens (tertiary/aromatic N) is 1. The number of hydrogen-bond acceptors (Lipinski definition) is 2. The van der Waals surface area contributed by atoms with Crippen molar-refractivity contribution in [3.63, 3.8) is 0 Å². The van der Waals surface area contributed by atoms with Gasteiger partial charge in [0.2, 0.25) is 0 Å². The van der Waals surface area contributed by atoms with Crippen molar-refractivity contribution in [1.82, 2.24) is 4.90 Å². The molecule has 0 saturated carbocycles. The lowest BCUT2D eigenvalue weighted by atomic mass is 9.88. The highest BCUT2D eigenvalue weighted by Gasteiger charge is 2.36. The summed E-state index contributed by atoms with van der Waals surface area (Å²) >= 11 is 8.03. The predicted molar refractivity (Wildman–Crippen MR) is 120 cm³/mol. The molecule has 5 heteroatoms. The molecule has 0 spiro atoms. The Morgan fingerprint density at radius 3 is 2.66 bits per heavy atom. The van der Waals surface area contributed by atoms with E-state index in [-0.39, 0.29) is 12.1 Å². The van der Waals surface area contributed by atoms with Gasteiger partial charge in [-0.25, -0.2) is 4.79 Å². The summed E-state index contributed by atoms with van der Waals surface area (Å²) in [5.74, 6) is 0. The minimum Gasteiger partial charge on any atom is -0.312 e. The number of thiophene rings is 1. The van der Waals surface area contributed by atoms with E-state index in [1.807, 2.05) is 40.5 Å². The van der Waals surface area contributed by atoms with Crippen LogP contribution in [0.2, 0.25) is 5.02 Å². The maximum atomic E-state index is 13.3. The van der Waals surface area contributed by atoms with E-state index in [1.165, 1.54) is 41.7 Å². The van der Waals surface area contributed by atoms with Gasteiger partial charge in [0.15, 0.2) is 0 Å². The summed E-state index contributed by atoms with van der Waals surface area (Å²) in [4.78, 5) is 18.2. The molecule has 1 aliphatic carbocycles. The Bertz CT molecular complexity index is 1050. The average molecular weight is 423 g/mol. The molecule has 3 nitrogen and oxygen atoms in total. The average Bonchev–Trinajstić information content (AvgIpc) is 3.12. The Labute approximate surface area is 180 Å². The predicted octanol–water partition coefficient (Wildman–Crippen LogP) is 6.46. The summed E-state index contributed by atoms with van der Waals surface area (Å²) in [6, 6.07) is 17.7. The van der Waals surface area contributed by atoms with Gasteiger partial charge in [0.05, 0.1) is 6.04 Å². The van der Waals surface area contributed by atoms with Crippen LogP contribution in [0.1, 0.15) is 45.3 Å². The molecule has 2 aromatic carbocycles. The SMILES string of the molecule is O=C(Nc1cccc(Cl)c1)N1CCc2c(sc3c2CCCC3)C1c1ccccc1. The van der Waals surface area contributed by atoms with Crippen molar-refractivity contribution in [1.29, 1.82) is 0 Å². The highest BCUT2D eigenvalue weighted by molar-refractivity contribution is 7.12. The van der Waals surface area contributed by atoms with E-state index in [9.17, 15) is 4.79 Å². The van der Waals surface area contributed by atoms with Gasteiger partial charge in [-0.05, 0) is 67.0 Å². The summed E-state index contributed by atoms with van der Waals surface area (Å²) in [6.45, 7) is 0.724. The molecule has 2 aliphatic rings. The van der Waals surface area contributed by atoms with Crippen molar-refractivity contribution >= 4 is 34.7 Å². The number of nitrogens with one attached hydrogen (secondary N) is 1. The van der Waals surface area contributed by atoms with E-state index in [1.54, 1.807) is 16.5 Å². The van der Waals surface area contributed by atoms with Gasteiger partial charge in [-0.1, -0.05) is 48.0 Å². The van der Waals surface area contributed by atoms with E-state index >= 15 is 0 Å². The third-order valence-electron chi connectivity index (χ3n) is 5.93. The van der Waals surface area contributed by atoms with Crippen LogP contribution in [0.25, 0.3) is 0 Å². The zero-order valence-corrected chi connectivity index (χ0v) is 17.7. The van der Waals surface area contributed by atoms with Crippen LogP contribution in [-0.4, -0.2) is 17.5 Å². The number of urea groups is 1. The first-order valence-corrected chi connectivity index (χ1v) is 11.4. The zero-order valence-electron chi connectivity index (χ0n) is 16.2. The highest BCUT2D eigenvalue weighted by Crippen LogP contribution is 2.45. The number of halogens is 1. The maximum absolute atomic E-state index is 13.3. The van der Waals surface area contributed by atoms with Crippen molar-refractivity contribution in [2.45, 2.75) is 38.1 Å². The summed E-state index contributed by atoms with van der Waals surface area (Å²) in [7, 11) is 0. The second kappa shape index (κ2) is 7.85. The molecule has 29 heavy (non-hydrogen) atoms. The summed E-state index contributed by atoms with van der Waals surface area (Å²) in [5, 5.41) is 3.67. The first kappa shape index (κ1) is 18.7. The molecule has 5 rings (SSSR count). The van der Waals surface area contributed by atoms with E-state index in [0.29, 0.717) is 5.02 Å². The van der Waals surface area contributed by atoms with E-state index in [0.717, 1.165) is 18.7 Å². The normalized spacial score (nSPS) is 18.1. The molecule has 1 aromatic heterocycles. The van der Waals surface area contributed by atoms with Gasteiger partial charge in [0.25, 0.3) is 0 Å². The molecular formula is C24H23ClN2OS. The van der Waals surface area contributed by atoms with Crippen LogP contribution in [0, 0.1) is 0 Å². The summed E-state index contributed by atoms with van der Waals surface area (Å²) < 4.78 is 0. The molecule has 0 bridgehead atoms. The standard InChI is InChI=1S/C24H23ClN2OS/c25-17-9-6-10-18(15-17)26-24(28)27-14-13-20-19-11-4-5-12-21(19)29-23(20)22(27)16-7-2-1-3-8-16/h1-3,6-10,15,22H,4-5,11-14H2,(H,26,28). The third kappa shape index (κ3) is 3.56. The maximum Gasteiger partial charge on any atom is 0.322 e. The minimum atomic E-state index is -0.0712. The van der Waals surface area contributed by atoms with Gasteiger partial charge in [-0.3, -0.25) is 0 Å². The van der Waals surface area contributed by atoms with Gasteiger partial charge in [0.1, 0.15) is 0 Å². The Morgan fingerprint density at radius 1 is 1.00 bits per heavy atom. The van der Waals surface area contributed by atoms with Crippen molar-refractivity contribution < 1.29 is 4.79 Å². The number of fused-ring (bicyclic) bond motifs is 3. The Balaban J connectivity index is 1.53. The van der Waals surface area contributed by atoms with Crippen LogP contribution in [0.3, 0.4) is 0 Å². The third-order valence-corrected chi connectivity index (χ3v) is 7.55. The monoisotopic (exact) mass is 422 g/mol. The number of amides is 2. The quantitative estimate of drug-likeness (QED) is 0.505. The molecule has 0 radical (unpaired) electrons. The van der Waals surface area contributed by atoms with Crippen LogP contribution in [0.15, 0.2) is 54.6 Å². The fourth-order valence-corrected chi connectivity index (χ4v) is 6.37. The molecule has 1 atom stereocenters. The molecule has 148 valence electrons.